The van der Waals surface area contributed by atoms with Gasteiger partial charge in [0.15, 0.2) is 0 Å². The monoisotopic (exact) mass is 170 g/mol. The van der Waals surface area contributed by atoms with Gasteiger partial charge in [0.2, 0.25) is 5.91 Å². The van der Waals surface area contributed by atoms with Gasteiger partial charge in [-0.15, -0.1) is 0 Å². The average molecular weight is 170 g/mol. The highest BCUT2D eigenvalue weighted by atomic mass is 16.2. The van der Waals surface area contributed by atoms with Gasteiger partial charge in [-0.2, -0.15) is 0 Å². The molecule has 1 rings (SSSR count). The summed E-state index contributed by atoms with van der Waals surface area (Å²) in [7, 11) is 0. The van der Waals surface area contributed by atoms with Gasteiger partial charge in [0.25, 0.3) is 0 Å². The van der Waals surface area contributed by atoms with Crippen molar-refractivity contribution in [3.63, 3.8) is 0 Å². The first kappa shape index (κ1) is 9.52. The van der Waals surface area contributed by atoms with Crippen LogP contribution < -0.4 is 5.32 Å². The Morgan fingerprint density at radius 1 is 1.58 bits per heavy atom. The number of hydrogen-bond acceptors (Lipinski definition) is 2. The zero-order chi connectivity index (χ0) is 8.97. The standard InChI is InChI=1S/C9H18N2O/c1-3-10-9(12)8-6-5-7-11(8)4-2/h8H,3-7H2,1-2H3,(H,10,12)/t8-/m0/s1. The Morgan fingerprint density at radius 3 is 2.92 bits per heavy atom. The molecule has 1 fully saturated rings. The maximum absolute atomic E-state index is 11.5. The van der Waals surface area contributed by atoms with Gasteiger partial charge in [-0.25, -0.2) is 0 Å². The Kier molecular flexibility index (Phi) is 3.53. The largest absolute Gasteiger partial charge is 0.355 e. The van der Waals surface area contributed by atoms with E-state index in [2.05, 4.69) is 17.1 Å². The SMILES string of the molecule is CCNC(=O)[C@@H]1CCCN1CC. The molecule has 0 spiro atoms. The molecular weight excluding hydrogens is 152 g/mol. The third-order valence-electron chi connectivity index (χ3n) is 2.42. The molecule has 12 heavy (non-hydrogen) atoms. The van der Waals surface area contributed by atoms with Crippen LogP contribution in [-0.4, -0.2) is 36.5 Å². The Morgan fingerprint density at radius 2 is 2.33 bits per heavy atom. The van der Waals surface area contributed by atoms with Gasteiger partial charge in [0, 0.05) is 6.54 Å². The van der Waals surface area contributed by atoms with Crippen LogP contribution in [0.4, 0.5) is 0 Å². The van der Waals surface area contributed by atoms with E-state index in [0.717, 1.165) is 32.5 Å². The van der Waals surface area contributed by atoms with Crippen molar-refractivity contribution < 1.29 is 4.79 Å². The zero-order valence-corrected chi connectivity index (χ0v) is 7.97. The lowest BCUT2D eigenvalue weighted by Crippen LogP contribution is -2.42. The normalized spacial score (nSPS) is 24.3. The molecule has 0 saturated carbocycles. The molecular formula is C9H18N2O. The van der Waals surface area contributed by atoms with Gasteiger partial charge in [-0.1, -0.05) is 6.92 Å². The first-order chi connectivity index (χ1) is 5.79. The van der Waals surface area contributed by atoms with Crippen LogP contribution in [0.2, 0.25) is 0 Å². The molecule has 0 bridgehead atoms. The van der Waals surface area contributed by atoms with Crippen molar-refractivity contribution in [1.29, 1.82) is 0 Å². The fourth-order valence-electron chi connectivity index (χ4n) is 1.79. The molecule has 1 saturated heterocycles. The fourth-order valence-corrected chi connectivity index (χ4v) is 1.79. The minimum Gasteiger partial charge on any atom is -0.355 e. The van der Waals surface area contributed by atoms with Crippen LogP contribution in [0, 0.1) is 0 Å². The number of rotatable bonds is 3. The number of nitrogens with zero attached hydrogens (tertiary/aromatic N) is 1. The van der Waals surface area contributed by atoms with E-state index in [4.69, 9.17) is 0 Å². The van der Waals surface area contributed by atoms with Gasteiger partial charge in [0.05, 0.1) is 6.04 Å². The van der Waals surface area contributed by atoms with E-state index in [1.54, 1.807) is 0 Å². The maximum atomic E-state index is 11.5. The predicted molar refractivity (Wildman–Crippen MR) is 49.0 cm³/mol. The van der Waals surface area contributed by atoms with Crippen LogP contribution in [0.5, 0.6) is 0 Å². The van der Waals surface area contributed by atoms with Gasteiger partial charge >= 0.3 is 0 Å². The maximum Gasteiger partial charge on any atom is 0.237 e. The van der Waals surface area contributed by atoms with Crippen molar-refractivity contribution in [3.8, 4) is 0 Å². The van der Waals surface area contributed by atoms with Crippen molar-refractivity contribution in [1.82, 2.24) is 10.2 Å². The molecule has 0 aromatic heterocycles. The smallest absolute Gasteiger partial charge is 0.237 e. The van der Waals surface area contributed by atoms with Crippen LogP contribution in [0.3, 0.4) is 0 Å². The van der Waals surface area contributed by atoms with Gasteiger partial charge in [0.1, 0.15) is 0 Å². The van der Waals surface area contributed by atoms with Crippen LogP contribution >= 0.6 is 0 Å². The van der Waals surface area contributed by atoms with E-state index in [1.165, 1.54) is 0 Å². The summed E-state index contributed by atoms with van der Waals surface area (Å²) >= 11 is 0. The molecule has 70 valence electrons. The second kappa shape index (κ2) is 4.45. The molecule has 0 radical (unpaired) electrons. The van der Waals surface area contributed by atoms with E-state index in [9.17, 15) is 4.79 Å². The molecule has 0 aromatic rings. The topological polar surface area (TPSA) is 32.3 Å². The van der Waals surface area contributed by atoms with Crippen molar-refractivity contribution in [2.75, 3.05) is 19.6 Å². The van der Waals surface area contributed by atoms with Crippen molar-refractivity contribution in [2.24, 2.45) is 0 Å². The fraction of sp³-hybridized carbons (Fsp3) is 0.889. The number of carbonyl (C=O) groups excluding carboxylic acids is 1. The van der Waals surface area contributed by atoms with E-state index in [-0.39, 0.29) is 11.9 Å². The van der Waals surface area contributed by atoms with E-state index >= 15 is 0 Å². The van der Waals surface area contributed by atoms with Gasteiger partial charge < -0.3 is 5.32 Å². The van der Waals surface area contributed by atoms with Gasteiger partial charge in [-0.05, 0) is 32.9 Å². The minimum absolute atomic E-state index is 0.148. The van der Waals surface area contributed by atoms with Crippen molar-refractivity contribution in [3.05, 3.63) is 0 Å². The molecule has 1 amide bonds. The summed E-state index contributed by atoms with van der Waals surface area (Å²) in [5, 5.41) is 2.87. The molecule has 1 aliphatic rings. The first-order valence-corrected chi connectivity index (χ1v) is 4.81. The number of carbonyl (C=O) groups is 1. The number of likely N-dealkylation sites (N-methyl/N-ethyl adjacent to an activating group) is 2. The third kappa shape index (κ3) is 1.97. The minimum atomic E-state index is 0.148. The van der Waals surface area contributed by atoms with Crippen LogP contribution in [0.15, 0.2) is 0 Å². The molecule has 1 atom stereocenters. The lowest BCUT2D eigenvalue weighted by Gasteiger charge is -2.21. The second-order valence-corrected chi connectivity index (χ2v) is 3.18. The molecule has 3 nitrogen and oxygen atoms in total. The van der Waals surface area contributed by atoms with E-state index in [1.807, 2.05) is 6.92 Å². The van der Waals surface area contributed by atoms with Crippen molar-refractivity contribution >= 4 is 5.91 Å². The zero-order valence-electron chi connectivity index (χ0n) is 7.97. The molecule has 1 aliphatic heterocycles. The lowest BCUT2D eigenvalue weighted by atomic mass is 10.2. The van der Waals surface area contributed by atoms with E-state index < -0.39 is 0 Å². The number of amides is 1. The van der Waals surface area contributed by atoms with Crippen LogP contribution in [0.1, 0.15) is 26.7 Å². The van der Waals surface area contributed by atoms with E-state index in [0.29, 0.717) is 0 Å². The Bertz CT molecular complexity index is 159. The highest BCUT2D eigenvalue weighted by Gasteiger charge is 2.28. The van der Waals surface area contributed by atoms with Gasteiger partial charge in [-0.3, -0.25) is 9.69 Å². The molecule has 1 heterocycles. The highest BCUT2D eigenvalue weighted by Crippen LogP contribution is 2.16. The molecule has 0 aromatic carbocycles. The average Bonchev–Trinajstić information content (AvgIpc) is 2.51. The second-order valence-electron chi connectivity index (χ2n) is 3.18. The molecule has 3 heteroatoms. The summed E-state index contributed by atoms with van der Waals surface area (Å²) in [6.07, 6.45) is 2.19. The number of likely N-dealkylation sites (tertiary alicyclic amines) is 1. The summed E-state index contributed by atoms with van der Waals surface area (Å²) in [6, 6.07) is 0.148. The molecule has 0 unspecified atom stereocenters. The first-order valence-electron chi connectivity index (χ1n) is 4.81. The number of hydrogen-bond donors (Lipinski definition) is 1. The Balaban J connectivity index is 2.43. The Labute approximate surface area is 74.1 Å². The highest BCUT2D eigenvalue weighted by molar-refractivity contribution is 5.81. The summed E-state index contributed by atoms with van der Waals surface area (Å²) in [5.74, 6) is 0.205. The summed E-state index contributed by atoms with van der Waals surface area (Å²) in [6.45, 7) is 6.88. The number of nitrogens with one attached hydrogen (secondary N) is 1. The Hall–Kier alpha value is -0.570. The molecule has 0 aliphatic carbocycles. The third-order valence-corrected chi connectivity index (χ3v) is 2.42. The summed E-state index contributed by atoms with van der Waals surface area (Å²) in [5.41, 5.74) is 0. The molecule has 1 N–H and O–H groups in total. The quantitative estimate of drug-likeness (QED) is 0.673. The van der Waals surface area contributed by atoms with Crippen LogP contribution in [-0.2, 0) is 4.79 Å². The lowest BCUT2D eigenvalue weighted by molar-refractivity contribution is -0.125. The predicted octanol–water partition coefficient (Wildman–Crippen LogP) is 0.607. The van der Waals surface area contributed by atoms with Crippen LogP contribution in [0.25, 0.3) is 0 Å². The van der Waals surface area contributed by atoms with Crippen molar-refractivity contribution in [2.45, 2.75) is 32.7 Å². The summed E-state index contributed by atoms with van der Waals surface area (Å²) in [4.78, 5) is 13.7. The summed E-state index contributed by atoms with van der Waals surface area (Å²) < 4.78 is 0.